The maximum Gasteiger partial charge on any atom is 0.243 e. The van der Waals surface area contributed by atoms with Crippen LogP contribution in [0.2, 0.25) is 0 Å². The lowest BCUT2D eigenvalue weighted by Crippen LogP contribution is -2.41. The third-order valence-electron chi connectivity index (χ3n) is 3.29. The maximum absolute atomic E-state index is 12.7. The molecule has 0 heterocycles. The van der Waals surface area contributed by atoms with Crippen molar-refractivity contribution >= 4 is 10.0 Å². The Morgan fingerprint density at radius 3 is 2.45 bits per heavy atom. The quantitative estimate of drug-likeness (QED) is 0.799. The normalized spacial score (nSPS) is 12.2. The van der Waals surface area contributed by atoms with Crippen molar-refractivity contribution in [1.82, 2.24) is 4.31 Å². The topological polar surface area (TPSA) is 66.8 Å². The zero-order chi connectivity index (χ0) is 15.2. The molecule has 1 rings (SSSR count). The Bertz CT molecular complexity index is 512. The van der Waals surface area contributed by atoms with Gasteiger partial charge in [0.1, 0.15) is 5.75 Å². The standard InChI is InChI=1S/C14H23NO4S/c1-4-12(5-2)15(9-10-19-3)20(17,18)14-8-6-7-13(16)11-14/h6-8,11-12,16H,4-5,9-10H2,1-3H3. The molecule has 1 aromatic rings. The second-order valence-electron chi connectivity index (χ2n) is 4.58. The minimum Gasteiger partial charge on any atom is -0.508 e. The summed E-state index contributed by atoms with van der Waals surface area (Å²) < 4.78 is 31.9. The molecule has 0 bridgehead atoms. The molecule has 0 atom stereocenters. The highest BCUT2D eigenvalue weighted by atomic mass is 32.2. The summed E-state index contributed by atoms with van der Waals surface area (Å²) in [6, 6.07) is 5.69. The van der Waals surface area contributed by atoms with E-state index in [0.29, 0.717) is 13.2 Å². The maximum atomic E-state index is 12.7. The summed E-state index contributed by atoms with van der Waals surface area (Å²) in [4.78, 5) is 0.112. The zero-order valence-electron chi connectivity index (χ0n) is 12.2. The number of phenolic OH excluding ortho intramolecular Hbond substituents is 1. The lowest BCUT2D eigenvalue weighted by molar-refractivity contribution is 0.163. The SMILES string of the molecule is CCC(CC)N(CCOC)S(=O)(=O)c1cccc(O)c1. The van der Waals surface area contributed by atoms with Gasteiger partial charge in [-0.05, 0) is 31.0 Å². The Morgan fingerprint density at radius 1 is 1.30 bits per heavy atom. The molecule has 0 unspecified atom stereocenters. The second-order valence-corrected chi connectivity index (χ2v) is 6.47. The fourth-order valence-electron chi connectivity index (χ4n) is 2.16. The monoisotopic (exact) mass is 301 g/mol. The van der Waals surface area contributed by atoms with Crippen molar-refractivity contribution in [3.63, 3.8) is 0 Å². The molecule has 0 aromatic heterocycles. The number of benzene rings is 1. The van der Waals surface area contributed by atoms with Crippen LogP contribution in [-0.4, -0.2) is 44.1 Å². The highest BCUT2D eigenvalue weighted by molar-refractivity contribution is 7.89. The number of methoxy groups -OCH3 is 1. The Kier molecular flexibility index (Phi) is 6.45. The summed E-state index contributed by atoms with van der Waals surface area (Å²) in [5.74, 6) is -0.0534. The van der Waals surface area contributed by atoms with E-state index in [1.54, 1.807) is 7.11 Å². The van der Waals surface area contributed by atoms with E-state index in [9.17, 15) is 13.5 Å². The first-order valence-electron chi connectivity index (χ1n) is 6.77. The molecule has 0 aliphatic heterocycles. The van der Waals surface area contributed by atoms with Gasteiger partial charge >= 0.3 is 0 Å². The Balaban J connectivity index is 3.16. The van der Waals surface area contributed by atoms with Crippen LogP contribution in [0.25, 0.3) is 0 Å². The molecule has 6 heteroatoms. The van der Waals surface area contributed by atoms with Crippen LogP contribution < -0.4 is 0 Å². The van der Waals surface area contributed by atoms with Crippen LogP contribution >= 0.6 is 0 Å². The molecule has 114 valence electrons. The molecule has 1 aromatic carbocycles. The summed E-state index contributed by atoms with van der Waals surface area (Å²) in [7, 11) is -2.08. The Morgan fingerprint density at radius 2 is 1.95 bits per heavy atom. The summed E-state index contributed by atoms with van der Waals surface area (Å²) in [5.41, 5.74) is 0. The lowest BCUT2D eigenvalue weighted by atomic mass is 10.2. The minimum absolute atomic E-state index is 0.0534. The Labute approximate surface area is 121 Å². The molecular weight excluding hydrogens is 278 g/mol. The van der Waals surface area contributed by atoms with Crippen molar-refractivity contribution in [2.45, 2.75) is 37.6 Å². The van der Waals surface area contributed by atoms with Crippen LogP contribution in [0.15, 0.2) is 29.2 Å². The van der Waals surface area contributed by atoms with E-state index in [2.05, 4.69) is 0 Å². The van der Waals surface area contributed by atoms with Crippen LogP contribution in [0.1, 0.15) is 26.7 Å². The predicted octanol–water partition coefficient (Wildman–Crippen LogP) is 2.22. The largest absolute Gasteiger partial charge is 0.508 e. The molecule has 0 saturated carbocycles. The molecule has 0 spiro atoms. The van der Waals surface area contributed by atoms with Crippen molar-refractivity contribution < 1.29 is 18.3 Å². The first-order chi connectivity index (χ1) is 9.47. The molecule has 0 fully saturated rings. The second kappa shape index (κ2) is 7.61. The Hall–Kier alpha value is -1.11. The van der Waals surface area contributed by atoms with Crippen molar-refractivity contribution in [2.24, 2.45) is 0 Å². The molecule has 20 heavy (non-hydrogen) atoms. The smallest absolute Gasteiger partial charge is 0.243 e. The average Bonchev–Trinajstić information content (AvgIpc) is 2.43. The van der Waals surface area contributed by atoms with Gasteiger partial charge in [-0.2, -0.15) is 4.31 Å². The summed E-state index contributed by atoms with van der Waals surface area (Å²) in [5, 5.41) is 9.48. The van der Waals surface area contributed by atoms with Gasteiger partial charge in [-0.1, -0.05) is 19.9 Å². The fraction of sp³-hybridized carbons (Fsp3) is 0.571. The van der Waals surface area contributed by atoms with Crippen molar-refractivity contribution in [2.75, 3.05) is 20.3 Å². The van der Waals surface area contributed by atoms with Gasteiger partial charge in [0.25, 0.3) is 0 Å². The average molecular weight is 301 g/mol. The molecule has 1 N–H and O–H groups in total. The van der Waals surface area contributed by atoms with E-state index in [1.807, 2.05) is 13.8 Å². The summed E-state index contributed by atoms with van der Waals surface area (Å²) in [6.07, 6.45) is 1.47. The van der Waals surface area contributed by atoms with E-state index < -0.39 is 10.0 Å². The van der Waals surface area contributed by atoms with Gasteiger partial charge in [0.05, 0.1) is 11.5 Å². The van der Waals surface area contributed by atoms with Gasteiger partial charge in [-0.15, -0.1) is 0 Å². The predicted molar refractivity (Wildman–Crippen MR) is 78.2 cm³/mol. The molecule has 0 amide bonds. The third kappa shape index (κ3) is 3.94. The molecule has 5 nitrogen and oxygen atoms in total. The molecule has 0 saturated heterocycles. The van der Waals surface area contributed by atoms with Crippen LogP contribution in [0, 0.1) is 0 Å². The minimum atomic E-state index is -3.63. The zero-order valence-corrected chi connectivity index (χ0v) is 13.1. The van der Waals surface area contributed by atoms with E-state index in [4.69, 9.17) is 4.74 Å². The van der Waals surface area contributed by atoms with Gasteiger partial charge in [-0.25, -0.2) is 8.42 Å². The first kappa shape index (κ1) is 16.9. The molecule has 0 aliphatic rings. The number of phenols is 1. The van der Waals surface area contributed by atoms with Gasteiger partial charge in [-0.3, -0.25) is 0 Å². The number of aromatic hydroxyl groups is 1. The number of rotatable bonds is 8. The van der Waals surface area contributed by atoms with Crippen LogP contribution in [0.3, 0.4) is 0 Å². The van der Waals surface area contributed by atoms with Crippen molar-refractivity contribution in [1.29, 1.82) is 0 Å². The number of sulfonamides is 1. The number of hydrogen-bond acceptors (Lipinski definition) is 4. The van der Waals surface area contributed by atoms with E-state index in [0.717, 1.165) is 12.8 Å². The van der Waals surface area contributed by atoms with Crippen molar-refractivity contribution in [3.05, 3.63) is 24.3 Å². The number of nitrogens with zero attached hydrogens (tertiary/aromatic N) is 1. The van der Waals surface area contributed by atoms with Gasteiger partial charge < -0.3 is 9.84 Å². The van der Waals surface area contributed by atoms with E-state index >= 15 is 0 Å². The molecular formula is C14H23NO4S. The van der Waals surface area contributed by atoms with Crippen molar-refractivity contribution in [3.8, 4) is 5.75 Å². The van der Waals surface area contributed by atoms with Gasteiger partial charge in [0, 0.05) is 19.7 Å². The highest BCUT2D eigenvalue weighted by Crippen LogP contribution is 2.23. The van der Waals surface area contributed by atoms with E-state index in [-0.39, 0.29) is 16.7 Å². The van der Waals surface area contributed by atoms with E-state index in [1.165, 1.54) is 28.6 Å². The van der Waals surface area contributed by atoms with Crippen LogP contribution in [0.4, 0.5) is 0 Å². The molecule has 0 radical (unpaired) electrons. The number of hydrogen-bond donors (Lipinski definition) is 1. The molecule has 0 aliphatic carbocycles. The number of ether oxygens (including phenoxy) is 1. The summed E-state index contributed by atoms with van der Waals surface area (Å²) in [6.45, 7) is 4.58. The summed E-state index contributed by atoms with van der Waals surface area (Å²) >= 11 is 0. The van der Waals surface area contributed by atoms with Gasteiger partial charge in [0.2, 0.25) is 10.0 Å². The van der Waals surface area contributed by atoms with Crippen LogP contribution in [0.5, 0.6) is 5.75 Å². The highest BCUT2D eigenvalue weighted by Gasteiger charge is 2.29. The lowest BCUT2D eigenvalue weighted by Gasteiger charge is -2.29. The van der Waals surface area contributed by atoms with Crippen LogP contribution in [-0.2, 0) is 14.8 Å². The first-order valence-corrected chi connectivity index (χ1v) is 8.21. The third-order valence-corrected chi connectivity index (χ3v) is 5.24. The van der Waals surface area contributed by atoms with Gasteiger partial charge in [0.15, 0.2) is 0 Å². The fourth-order valence-corrected chi connectivity index (χ4v) is 3.95.